The Bertz CT molecular complexity index is 973. The van der Waals surface area contributed by atoms with Crippen molar-refractivity contribution in [3.63, 3.8) is 0 Å². The number of benzene rings is 2. The predicted molar refractivity (Wildman–Crippen MR) is 118 cm³/mol. The molecule has 0 N–H and O–H groups in total. The lowest BCUT2D eigenvalue weighted by Gasteiger charge is -2.38. The first kappa shape index (κ1) is 19.9. The van der Waals surface area contributed by atoms with E-state index in [1.807, 2.05) is 52.3 Å². The molecule has 162 valence electrons. The van der Waals surface area contributed by atoms with Gasteiger partial charge in [-0.2, -0.15) is 0 Å². The molecule has 0 saturated carbocycles. The van der Waals surface area contributed by atoms with Gasteiger partial charge in [0.25, 0.3) is 5.91 Å². The SMILES string of the molecule is O=C([C@H]1CN(CCC(=O)N2CCc3ccccc32)c2ccccc2O1)N1CCOCC1. The zero-order chi connectivity index (χ0) is 21.2. The molecule has 3 aliphatic rings. The van der Waals surface area contributed by atoms with Crippen molar-refractivity contribution in [3.05, 3.63) is 54.1 Å². The Morgan fingerprint density at radius 3 is 2.52 bits per heavy atom. The van der Waals surface area contributed by atoms with Crippen LogP contribution < -0.4 is 14.5 Å². The first-order valence-corrected chi connectivity index (χ1v) is 11.0. The van der Waals surface area contributed by atoms with Gasteiger partial charge in [-0.25, -0.2) is 0 Å². The molecule has 7 heteroatoms. The third-order valence-corrected chi connectivity index (χ3v) is 6.24. The second-order valence-corrected chi connectivity index (χ2v) is 8.13. The molecule has 1 saturated heterocycles. The van der Waals surface area contributed by atoms with Crippen LogP contribution in [0, 0.1) is 0 Å². The van der Waals surface area contributed by atoms with E-state index in [9.17, 15) is 9.59 Å². The molecule has 2 aromatic rings. The number of hydrogen-bond acceptors (Lipinski definition) is 5. The largest absolute Gasteiger partial charge is 0.477 e. The van der Waals surface area contributed by atoms with Gasteiger partial charge in [0.2, 0.25) is 5.91 Å². The van der Waals surface area contributed by atoms with Gasteiger partial charge in [0.1, 0.15) is 5.75 Å². The van der Waals surface area contributed by atoms with Crippen molar-refractivity contribution in [1.82, 2.24) is 4.90 Å². The van der Waals surface area contributed by atoms with Crippen LogP contribution in [0.3, 0.4) is 0 Å². The molecule has 0 radical (unpaired) electrons. The summed E-state index contributed by atoms with van der Waals surface area (Å²) in [6.07, 6.45) is 0.718. The normalized spacial score (nSPS) is 20.1. The summed E-state index contributed by atoms with van der Waals surface area (Å²) in [5.74, 6) is 0.798. The van der Waals surface area contributed by atoms with Crippen molar-refractivity contribution < 1.29 is 19.1 Å². The first-order chi connectivity index (χ1) is 15.2. The lowest BCUT2D eigenvalue weighted by atomic mass is 10.1. The molecular formula is C24H27N3O4. The van der Waals surface area contributed by atoms with Crippen LogP contribution in [-0.4, -0.2) is 68.8 Å². The number of nitrogens with zero attached hydrogens (tertiary/aromatic N) is 3. The monoisotopic (exact) mass is 421 g/mol. The number of anilines is 2. The zero-order valence-corrected chi connectivity index (χ0v) is 17.5. The number of hydrogen-bond donors (Lipinski definition) is 0. The van der Waals surface area contributed by atoms with E-state index < -0.39 is 6.10 Å². The minimum Gasteiger partial charge on any atom is -0.477 e. The number of ether oxygens (including phenoxy) is 2. The summed E-state index contributed by atoms with van der Waals surface area (Å²) in [5, 5.41) is 0. The molecule has 2 amide bonds. The molecule has 1 fully saturated rings. The van der Waals surface area contributed by atoms with Crippen molar-refractivity contribution >= 4 is 23.2 Å². The Morgan fingerprint density at radius 2 is 1.68 bits per heavy atom. The fraction of sp³-hybridized carbons (Fsp3) is 0.417. The molecule has 0 aliphatic carbocycles. The predicted octanol–water partition coefficient (Wildman–Crippen LogP) is 2.09. The van der Waals surface area contributed by atoms with Crippen LogP contribution in [-0.2, 0) is 20.7 Å². The number of morpholine rings is 1. The summed E-state index contributed by atoms with van der Waals surface area (Å²) in [6, 6.07) is 15.8. The Balaban J connectivity index is 1.28. The van der Waals surface area contributed by atoms with Crippen LogP contribution in [0.15, 0.2) is 48.5 Å². The molecule has 3 heterocycles. The zero-order valence-electron chi connectivity index (χ0n) is 17.5. The van der Waals surface area contributed by atoms with Crippen molar-refractivity contribution in [1.29, 1.82) is 0 Å². The van der Waals surface area contributed by atoms with Crippen LogP contribution in [0.1, 0.15) is 12.0 Å². The Hall–Kier alpha value is -3.06. The second-order valence-electron chi connectivity index (χ2n) is 8.13. The third kappa shape index (κ3) is 3.97. The summed E-state index contributed by atoms with van der Waals surface area (Å²) in [6.45, 7) is 4.02. The van der Waals surface area contributed by atoms with E-state index in [2.05, 4.69) is 11.0 Å². The maximum atomic E-state index is 13.0. The van der Waals surface area contributed by atoms with Crippen molar-refractivity contribution in [2.45, 2.75) is 18.9 Å². The van der Waals surface area contributed by atoms with Crippen LogP contribution in [0.5, 0.6) is 5.75 Å². The van der Waals surface area contributed by atoms with Gasteiger partial charge in [-0.1, -0.05) is 30.3 Å². The summed E-state index contributed by atoms with van der Waals surface area (Å²) in [7, 11) is 0. The van der Waals surface area contributed by atoms with Crippen LogP contribution in [0.2, 0.25) is 0 Å². The molecule has 0 unspecified atom stereocenters. The molecular weight excluding hydrogens is 394 g/mol. The van der Waals surface area contributed by atoms with Gasteiger partial charge in [-0.05, 0) is 30.2 Å². The average molecular weight is 421 g/mol. The fourth-order valence-corrected chi connectivity index (χ4v) is 4.60. The standard InChI is InChI=1S/C24H27N3O4/c28-23(27-12-9-18-5-1-2-6-19(18)27)10-11-26-17-22(24(29)25-13-15-30-16-14-25)31-21-8-4-3-7-20(21)26/h1-8,22H,9-17H2/t22-/m1/s1. The molecule has 31 heavy (non-hydrogen) atoms. The molecule has 0 spiro atoms. The fourth-order valence-electron chi connectivity index (χ4n) is 4.60. The Labute approximate surface area is 182 Å². The van der Waals surface area contributed by atoms with Crippen molar-refractivity contribution in [2.24, 2.45) is 0 Å². The number of carbonyl (C=O) groups is 2. The van der Waals surface area contributed by atoms with Crippen LogP contribution in [0.25, 0.3) is 0 Å². The maximum Gasteiger partial charge on any atom is 0.265 e. The summed E-state index contributed by atoms with van der Waals surface area (Å²) < 4.78 is 11.4. The van der Waals surface area contributed by atoms with E-state index in [1.165, 1.54) is 5.56 Å². The number of fused-ring (bicyclic) bond motifs is 2. The first-order valence-electron chi connectivity index (χ1n) is 11.0. The minimum atomic E-state index is -0.574. The van der Waals surface area contributed by atoms with Gasteiger partial charge >= 0.3 is 0 Å². The highest BCUT2D eigenvalue weighted by atomic mass is 16.5. The number of rotatable bonds is 4. The number of para-hydroxylation sites is 3. The molecule has 2 aromatic carbocycles. The Morgan fingerprint density at radius 1 is 0.935 bits per heavy atom. The van der Waals surface area contributed by atoms with E-state index in [-0.39, 0.29) is 11.8 Å². The van der Waals surface area contributed by atoms with E-state index >= 15 is 0 Å². The van der Waals surface area contributed by atoms with Gasteiger partial charge in [0.05, 0.1) is 25.4 Å². The smallest absolute Gasteiger partial charge is 0.265 e. The van der Waals surface area contributed by atoms with E-state index in [1.54, 1.807) is 0 Å². The highest BCUT2D eigenvalue weighted by Crippen LogP contribution is 2.34. The molecule has 0 bridgehead atoms. The molecule has 1 atom stereocenters. The molecule has 5 rings (SSSR count). The van der Waals surface area contributed by atoms with Gasteiger partial charge < -0.3 is 24.2 Å². The van der Waals surface area contributed by atoms with Gasteiger partial charge in [-0.15, -0.1) is 0 Å². The highest BCUT2D eigenvalue weighted by molar-refractivity contribution is 5.95. The van der Waals surface area contributed by atoms with E-state index in [4.69, 9.17) is 9.47 Å². The Kier molecular flexibility index (Phi) is 5.51. The summed E-state index contributed by atoms with van der Waals surface area (Å²) in [4.78, 5) is 31.9. The van der Waals surface area contributed by atoms with Crippen molar-refractivity contribution in [2.75, 3.05) is 55.7 Å². The minimum absolute atomic E-state index is 0.0115. The van der Waals surface area contributed by atoms with E-state index in [0.29, 0.717) is 51.6 Å². The van der Waals surface area contributed by atoms with E-state index in [0.717, 1.165) is 24.3 Å². The maximum absolute atomic E-state index is 13.0. The summed E-state index contributed by atoms with van der Waals surface area (Å²) >= 11 is 0. The number of carbonyl (C=O) groups excluding carboxylic acids is 2. The van der Waals surface area contributed by atoms with Crippen molar-refractivity contribution in [3.8, 4) is 5.75 Å². The quantitative estimate of drug-likeness (QED) is 0.757. The molecule has 0 aromatic heterocycles. The average Bonchev–Trinajstić information content (AvgIpc) is 3.26. The van der Waals surface area contributed by atoms with Gasteiger partial charge in [-0.3, -0.25) is 9.59 Å². The molecule has 3 aliphatic heterocycles. The highest BCUT2D eigenvalue weighted by Gasteiger charge is 2.34. The van der Waals surface area contributed by atoms with Crippen LogP contribution >= 0.6 is 0 Å². The van der Waals surface area contributed by atoms with Gasteiger partial charge in [0, 0.05) is 38.3 Å². The lowest BCUT2D eigenvalue weighted by molar-refractivity contribution is -0.142. The lowest BCUT2D eigenvalue weighted by Crippen LogP contribution is -2.53. The number of amides is 2. The van der Waals surface area contributed by atoms with Gasteiger partial charge in [0.15, 0.2) is 6.10 Å². The van der Waals surface area contributed by atoms with Crippen LogP contribution in [0.4, 0.5) is 11.4 Å². The second kappa shape index (κ2) is 8.59. The topological polar surface area (TPSA) is 62.3 Å². The molecule has 7 nitrogen and oxygen atoms in total. The third-order valence-electron chi connectivity index (χ3n) is 6.24. The summed E-state index contributed by atoms with van der Waals surface area (Å²) in [5.41, 5.74) is 3.18.